The molecule has 120 valence electrons. The van der Waals surface area contributed by atoms with Gasteiger partial charge in [-0.25, -0.2) is 8.78 Å². The molecular formula is C18H23F2NO. The molecule has 3 rings (SSSR count). The molecule has 0 bridgehead atoms. The lowest BCUT2D eigenvalue weighted by atomic mass is 9.91. The minimum atomic E-state index is -2.77. The lowest BCUT2D eigenvalue weighted by Gasteiger charge is -2.32. The van der Waals surface area contributed by atoms with Gasteiger partial charge in [0.1, 0.15) is 0 Å². The van der Waals surface area contributed by atoms with Gasteiger partial charge in [-0.1, -0.05) is 50.6 Å². The second-order valence-corrected chi connectivity index (χ2v) is 7.26. The fourth-order valence-electron chi connectivity index (χ4n) is 3.94. The molecule has 4 heteroatoms. The molecule has 1 unspecified atom stereocenters. The van der Waals surface area contributed by atoms with E-state index in [0.29, 0.717) is 12.8 Å². The number of benzene rings is 1. The molecule has 2 aliphatic rings. The van der Waals surface area contributed by atoms with E-state index in [9.17, 15) is 13.6 Å². The Morgan fingerprint density at radius 2 is 1.86 bits per heavy atom. The maximum Gasteiger partial charge on any atom is 0.267 e. The van der Waals surface area contributed by atoms with E-state index in [4.69, 9.17) is 0 Å². The zero-order valence-electron chi connectivity index (χ0n) is 13.1. The van der Waals surface area contributed by atoms with Crippen LogP contribution in [-0.4, -0.2) is 17.9 Å². The van der Waals surface area contributed by atoms with Crippen molar-refractivity contribution in [3.8, 4) is 0 Å². The third-order valence-corrected chi connectivity index (χ3v) is 5.35. The van der Waals surface area contributed by atoms with Gasteiger partial charge in [0.05, 0.1) is 12.0 Å². The fraction of sp³-hybridized carbons (Fsp3) is 0.611. The molecule has 3 atom stereocenters. The Morgan fingerprint density at radius 1 is 1.18 bits per heavy atom. The van der Waals surface area contributed by atoms with E-state index in [1.165, 1.54) is 0 Å². The third kappa shape index (κ3) is 2.64. The van der Waals surface area contributed by atoms with Crippen LogP contribution in [0.4, 0.5) is 8.78 Å². The van der Waals surface area contributed by atoms with E-state index in [0.717, 1.165) is 12.0 Å². The number of rotatable bonds is 3. The predicted octanol–water partition coefficient (Wildman–Crippen LogP) is 4.12. The van der Waals surface area contributed by atoms with Crippen molar-refractivity contribution in [2.75, 3.05) is 0 Å². The van der Waals surface area contributed by atoms with Gasteiger partial charge in [0.15, 0.2) is 0 Å². The molecule has 22 heavy (non-hydrogen) atoms. The third-order valence-electron chi connectivity index (χ3n) is 5.35. The van der Waals surface area contributed by atoms with Crippen molar-refractivity contribution >= 4 is 5.91 Å². The van der Waals surface area contributed by atoms with Crippen LogP contribution in [0.25, 0.3) is 0 Å². The van der Waals surface area contributed by atoms with Gasteiger partial charge in [-0.15, -0.1) is 0 Å². The molecule has 0 radical (unpaired) electrons. The predicted molar refractivity (Wildman–Crippen MR) is 81.8 cm³/mol. The summed E-state index contributed by atoms with van der Waals surface area (Å²) in [5.74, 6) is -3.08. The van der Waals surface area contributed by atoms with E-state index in [-0.39, 0.29) is 29.6 Å². The highest BCUT2D eigenvalue weighted by molar-refractivity contribution is 5.85. The van der Waals surface area contributed by atoms with Crippen molar-refractivity contribution in [2.24, 2.45) is 11.3 Å². The van der Waals surface area contributed by atoms with Crippen LogP contribution < -0.4 is 5.32 Å². The molecule has 0 aliphatic heterocycles. The molecular weight excluding hydrogens is 284 g/mol. The molecule has 0 aromatic heterocycles. The lowest BCUT2D eigenvalue weighted by Crippen LogP contribution is -2.50. The summed E-state index contributed by atoms with van der Waals surface area (Å²) in [5, 5.41) is 2.64. The Bertz CT molecular complexity index is 555. The molecule has 2 fully saturated rings. The van der Waals surface area contributed by atoms with Crippen LogP contribution in [0.3, 0.4) is 0 Å². The quantitative estimate of drug-likeness (QED) is 0.894. The number of nitrogens with one attached hydrogen (secondary N) is 1. The second-order valence-electron chi connectivity index (χ2n) is 7.26. The number of halogens is 2. The maximum absolute atomic E-state index is 13.9. The number of carbonyl (C=O) groups is 1. The topological polar surface area (TPSA) is 29.1 Å². The number of hydrogen-bond acceptors (Lipinski definition) is 1. The highest BCUT2D eigenvalue weighted by Crippen LogP contribution is 2.64. The van der Waals surface area contributed by atoms with E-state index < -0.39 is 12.0 Å². The Balaban J connectivity index is 1.71. The number of amides is 1. The first-order chi connectivity index (χ1) is 10.3. The van der Waals surface area contributed by atoms with Crippen LogP contribution >= 0.6 is 0 Å². The minimum absolute atomic E-state index is 0.117. The maximum atomic E-state index is 13.9. The van der Waals surface area contributed by atoms with E-state index >= 15 is 0 Å². The van der Waals surface area contributed by atoms with E-state index in [1.54, 1.807) is 0 Å². The summed E-state index contributed by atoms with van der Waals surface area (Å²) in [7, 11) is 0. The van der Waals surface area contributed by atoms with E-state index in [2.05, 4.69) is 5.32 Å². The van der Waals surface area contributed by atoms with Crippen molar-refractivity contribution in [3.63, 3.8) is 0 Å². The number of alkyl halides is 2. The van der Waals surface area contributed by atoms with Gasteiger partial charge in [0.2, 0.25) is 5.91 Å². The van der Waals surface area contributed by atoms with Crippen molar-refractivity contribution in [3.05, 3.63) is 35.9 Å². The largest absolute Gasteiger partial charge is 0.347 e. The summed E-state index contributed by atoms with van der Waals surface area (Å²) < 4.78 is 27.8. The second kappa shape index (κ2) is 5.32. The van der Waals surface area contributed by atoms with Crippen molar-refractivity contribution in [2.45, 2.75) is 57.4 Å². The first kappa shape index (κ1) is 15.4. The average molecular weight is 307 g/mol. The van der Waals surface area contributed by atoms with Gasteiger partial charge in [-0.05, 0) is 23.8 Å². The first-order valence-electron chi connectivity index (χ1n) is 8.07. The van der Waals surface area contributed by atoms with Crippen LogP contribution in [0.15, 0.2) is 30.3 Å². The highest BCUT2D eigenvalue weighted by atomic mass is 19.3. The molecule has 2 aliphatic carbocycles. The standard InChI is InChI=1S/C18H23F2NO/c1-17(2)14(12-8-4-3-5-9-12)15(17)16(22)21-13-10-6-7-11-18(13,19)20/h3-5,8-9,13-15H,6-7,10-11H2,1-2H3,(H,21,22)/t13?,14-,15+/m0/s1. The smallest absolute Gasteiger partial charge is 0.267 e. The van der Waals surface area contributed by atoms with Crippen molar-refractivity contribution < 1.29 is 13.6 Å². The Hall–Kier alpha value is -1.45. The molecule has 1 aromatic carbocycles. The van der Waals surface area contributed by atoms with Gasteiger partial charge < -0.3 is 5.32 Å². The van der Waals surface area contributed by atoms with Crippen molar-refractivity contribution in [1.82, 2.24) is 5.32 Å². The Morgan fingerprint density at radius 3 is 2.50 bits per heavy atom. The zero-order chi connectivity index (χ0) is 16.0. The Kier molecular flexibility index (Phi) is 3.74. The van der Waals surface area contributed by atoms with Crippen LogP contribution in [0.1, 0.15) is 51.0 Å². The summed E-state index contributed by atoms with van der Waals surface area (Å²) in [6, 6.07) is 8.86. The summed E-state index contributed by atoms with van der Waals surface area (Å²) in [4.78, 5) is 12.5. The first-order valence-corrected chi connectivity index (χ1v) is 8.07. The van der Waals surface area contributed by atoms with Gasteiger partial charge in [0.25, 0.3) is 5.92 Å². The molecule has 2 saturated carbocycles. The van der Waals surface area contributed by atoms with Gasteiger partial charge in [-0.3, -0.25) is 4.79 Å². The molecule has 1 amide bonds. The molecule has 0 spiro atoms. The van der Waals surface area contributed by atoms with Gasteiger partial charge in [-0.2, -0.15) is 0 Å². The normalized spacial score (nSPS) is 32.3. The summed E-state index contributed by atoms with van der Waals surface area (Å²) >= 11 is 0. The Labute approximate surface area is 130 Å². The number of hydrogen-bond donors (Lipinski definition) is 1. The average Bonchev–Trinajstić information content (AvgIpc) is 3.05. The highest BCUT2D eigenvalue weighted by Gasteiger charge is 2.62. The fourth-order valence-corrected chi connectivity index (χ4v) is 3.94. The van der Waals surface area contributed by atoms with Crippen LogP contribution in [0, 0.1) is 11.3 Å². The van der Waals surface area contributed by atoms with Crippen LogP contribution in [0.2, 0.25) is 0 Å². The SMILES string of the molecule is CC1(C)[C@@H](C(=O)NC2CCCCC2(F)F)[C@@H]1c1ccccc1. The summed E-state index contributed by atoms with van der Waals surface area (Å²) in [6.45, 7) is 4.07. The molecule has 1 aromatic rings. The van der Waals surface area contributed by atoms with Crippen molar-refractivity contribution in [1.29, 1.82) is 0 Å². The molecule has 0 heterocycles. The monoisotopic (exact) mass is 307 g/mol. The van der Waals surface area contributed by atoms with Crippen LogP contribution in [0.5, 0.6) is 0 Å². The van der Waals surface area contributed by atoms with Gasteiger partial charge >= 0.3 is 0 Å². The lowest BCUT2D eigenvalue weighted by molar-refractivity contribution is -0.129. The van der Waals surface area contributed by atoms with Crippen LogP contribution in [-0.2, 0) is 4.79 Å². The molecule has 1 N–H and O–H groups in total. The summed E-state index contributed by atoms with van der Waals surface area (Å²) in [6.07, 6.45) is 1.56. The van der Waals surface area contributed by atoms with E-state index in [1.807, 2.05) is 44.2 Å². The van der Waals surface area contributed by atoms with Gasteiger partial charge in [0, 0.05) is 12.3 Å². The number of carbonyl (C=O) groups excluding carboxylic acids is 1. The minimum Gasteiger partial charge on any atom is -0.347 e. The molecule has 2 nitrogen and oxygen atoms in total. The summed E-state index contributed by atoms with van der Waals surface area (Å²) in [5.41, 5.74) is 0.943. The molecule has 0 saturated heterocycles. The zero-order valence-corrected chi connectivity index (χ0v) is 13.1.